The van der Waals surface area contributed by atoms with Gasteiger partial charge in [0.1, 0.15) is 5.75 Å². The first-order chi connectivity index (χ1) is 13.0. The first-order valence-corrected chi connectivity index (χ1v) is 9.31. The molecule has 3 rings (SSSR count). The van der Waals surface area contributed by atoms with Crippen molar-refractivity contribution >= 4 is 59.0 Å². The number of hydrogen-bond acceptors (Lipinski definition) is 3. The monoisotopic (exact) mass is 534 g/mol. The fourth-order valence-corrected chi connectivity index (χ4v) is 3.10. The van der Waals surface area contributed by atoms with Crippen LogP contribution in [0.2, 0.25) is 10.0 Å². The number of hydrogen-bond donors (Lipinski definition) is 3. The van der Waals surface area contributed by atoms with Crippen molar-refractivity contribution in [2.45, 2.75) is 12.5 Å². The van der Waals surface area contributed by atoms with E-state index in [1.165, 1.54) is 6.07 Å². The van der Waals surface area contributed by atoms with E-state index in [1.54, 1.807) is 12.1 Å². The van der Waals surface area contributed by atoms with Gasteiger partial charge in [0.25, 0.3) is 5.91 Å². The molecule has 1 atom stereocenters. The highest BCUT2D eigenvalue weighted by Crippen LogP contribution is 2.31. The zero-order valence-electron chi connectivity index (χ0n) is 15.0. The zero-order valence-corrected chi connectivity index (χ0v) is 18.8. The molecule has 1 heterocycles. The molecular weight excluding hydrogens is 514 g/mol. The summed E-state index contributed by atoms with van der Waals surface area (Å²) in [6.07, 6.45) is 0.807. The highest BCUT2D eigenvalue weighted by Gasteiger charge is 2.21. The molecule has 6 nitrogen and oxygen atoms in total. The van der Waals surface area contributed by atoms with Crippen LogP contribution in [0.5, 0.6) is 5.75 Å². The molecule has 0 radical (unpaired) electrons. The molecule has 0 bridgehead atoms. The molecule has 1 unspecified atom stereocenters. The molecule has 0 saturated heterocycles. The standard InChI is InChI=1S/C19H20Cl2N4O2.HI/c20-14-6-5-12(11-15(14)21)18(26)23-8-9-24-19(22)25-16-7-10-27-17-4-2-1-3-13(16)17;/h1-6,11,16H,7-10H2,(H,23,26)(H3,22,24,25);1H. The number of nitrogens with two attached hydrogens (primary N) is 1. The van der Waals surface area contributed by atoms with E-state index in [-0.39, 0.29) is 35.9 Å². The molecule has 28 heavy (non-hydrogen) atoms. The van der Waals surface area contributed by atoms with Crippen LogP contribution in [-0.4, -0.2) is 31.6 Å². The minimum Gasteiger partial charge on any atom is -0.493 e. The smallest absolute Gasteiger partial charge is 0.251 e. The lowest BCUT2D eigenvalue weighted by molar-refractivity contribution is 0.0955. The van der Waals surface area contributed by atoms with Crippen molar-refractivity contribution in [2.75, 3.05) is 19.7 Å². The fraction of sp³-hybridized carbons (Fsp3) is 0.263. The second kappa shape index (κ2) is 10.7. The summed E-state index contributed by atoms with van der Waals surface area (Å²) in [5.74, 6) is 0.956. The molecule has 2 aromatic carbocycles. The number of para-hydroxylation sites is 1. The predicted molar refractivity (Wildman–Crippen MR) is 123 cm³/mol. The summed E-state index contributed by atoms with van der Waals surface area (Å²) in [6, 6.07) is 12.6. The molecule has 1 aliphatic heterocycles. The number of halogens is 3. The number of benzene rings is 2. The van der Waals surface area contributed by atoms with E-state index in [4.69, 9.17) is 33.7 Å². The maximum Gasteiger partial charge on any atom is 0.251 e. The molecule has 4 N–H and O–H groups in total. The van der Waals surface area contributed by atoms with Gasteiger partial charge in [0.2, 0.25) is 0 Å². The molecule has 0 aromatic heterocycles. The van der Waals surface area contributed by atoms with Crippen LogP contribution in [-0.2, 0) is 0 Å². The van der Waals surface area contributed by atoms with Crippen molar-refractivity contribution < 1.29 is 9.53 Å². The number of nitrogens with zero attached hydrogens (tertiary/aromatic N) is 1. The fourth-order valence-electron chi connectivity index (χ4n) is 2.80. The number of guanidine groups is 1. The molecule has 1 aliphatic rings. The minimum absolute atomic E-state index is 0. The molecule has 1 amide bonds. The van der Waals surface area contributed by atoms with Gasteiger partial charge < -0.3 is 21.1 Å². The summed E-state index contributed by atoms with van der Waals surface area (Å²) in [5.41, 5.74) is 7.49. The van der Waals surface area contributed by atoms with Crippen molar-refractivity contribution in [3.8, 4) is 5.75 Å². The third-order valence-electron chi connectivity index (χ3n) is 4.14. The Morgan fingerprint density at radius 1 is 1.21 bits per heavy atom. The molecule has 9 heteroatoms. The Kier molecular flexibility index (Phi) is 8.65. The SMILES string of the molecule is I.NC(=NCCNC(=O)c1ccc(Cl)c(Cl)c1)NC1CCOc2ccccc21. The van der Waals surface area contributed by atoms with Gasteiger partial charge in [-0.1, -0.05) is 41.4 Å². The molecule has 2 aromatic rings. The quantitative estimate of drug-likeness (QED) is 0.236. The van der Waals surface area contributed by atoms with Crippen LogP contribution in [0, 0.1) is 0 Å². The van der Waals surface area contributed by atoms with Crippen molar-refractivity contribution in [3.63, 3.8) is 0 Å². The van der Waals surface area contributed by atoms with Gasteiger partial charge in [-0.3, -0.25) is 9.79 Å². The van der Waals surface area contributed by atoms with E-state index in [0.717, 1.165) is 17.7 Å². The summed E-state index contributed by atoms with van der Waals surface area (Å²) < 4.78 is 5.63. The lowest BCUT2D eigenvalue weighted by Crippen LogP contribution is -2.38. The van der Waals surface area contributed by atoms with Gasteiger partial charge in [-0.2, -0.15) is 0 Å². The van der Waals surface area contributed by atoms with Crippen molar-refractivity contribution in [1.82, 2.24) is 10.6 Å². The van der Waals surface area contributed by atoms with E-state index in [0.29, 0.717) is 41.3 Å². The van der Waals surface area contributed by atoms with Crippen LogP contribution in [0.15, 0.2) is 47.5 Å². The maximum absolute atomic E-state index is 12.1. The number of carbonyl (C=O) groups excluding carboxylic acids is 1. The van der Waals surface area contributed by atoms with Crippen LogP contribution in [0.4, 0.5) is 0 Å². The largest absolute Gasteiger partial charge is 0.493 e. The third-order valence-corrected chi connectivity index (χ3v) is 4.88. The number of ether oxygens (including phenoxy) is 1. The minimum atomic E-state index is -0.242. The number of nitrogens with one attached hydrogen (secondary N) is 2. The number of carbonyl (C=O) groups is 1. The van der Waals surface area contributed by atoms with Gasteiger partial charge >= 0.3 is 0 Å². The lowest BCUT2D eigenvalue weighted by atomic mass is 10.0. The first kappa shape index (κ1) is 22.6. The normalized spacial score (nSPS) is 15.6. The third kappa shape index (κ3) is 5.89. The maximum atomic E-state index is 12.1. The second-order valence-corrected chi connectivity index (χ2v) is 6.84. The molecular formula is C19H21Cl2IN4O2. The first-order valence-electron chi connectivity index (χ1n) is 8.56. The van der Waals surface area contributed by atoms with E-state index < -0.39 is 0 Å². The second-order valence-electron chi connectivity index (χ2n) is 6.02. The average molecular weight is 535 g/mol. The Hall–Kier alpha value is -1.71. The van der Waals surface area contributed by atoms with Crippen LogP contribution >= 0.6 is 47.2 Å². The van der Waals surface area contributed by atoms with E-state index >= 15 is 0 Å². The van der Waals surface area contributed by atoms with E-state index in [1.807, 2.05) is 24.3 Å². The van der Waals surface area contributed by atoms with Gasteiger partial charge in [0.05, 0.1) is 29.2 Å². The zero-order chi connectivity index (χ0) is 19.2. The number of aliphatic imine (C=N–C) groups is 1. The predicted octanol–water partition coefficient (Wildman–Crippen LogP) is 3.77. The van der Waals surface area contributed by atoms with Gasteiger partial charge in [-0.15, -0.1) is 24.0 Å². The Morgan fingerprint density at radius 3 is 2.79 bits per heavy atom. The lowest BCUT2D eigenvalue weighted by Gasteiger charge is -2.26. The van der Waals surface area contributed by atoms with Gasteiger partial charge in [-0.05, 0) is 24.3 Å². The molecule has 0 saturated carbocycles. The highest BCUT2D eigenvalue weighted by molar-refractivity contribution is 14.0. The Bertz CT molecular complexity index is 864. The Morgan fingerprint density at radius 2 is 2.00 bits per heavy atom. The topological polar surface area (TPSA) is 88.7 Å². The van der Waals surface area contributed by atoms with Crippen LogP contribution in [0.25, 0.3) is 0 Å². The van der Waals surface area contributed by atoms with E-state index in [9.17, 15) is 4.79 Å². The number of rotatable bonds is 5. The van der Waals surface area contributed by atoms with Crippen LogP contribution in [0.1, 0.15) is 28.4 Å². The summed E-state index contributed by atoms with van der Waals surface area (Å²) >= 11 is 11.8. The summed E-state index contributed by atoms with van der Waals surface area (Å²) in [4.78, 5) is 16.4. The van der Waals surface area contributed by atoms with Gasteiger partial charge in [-0.25, -0.2) is 0 Å². The summed E-state index contributed by atoms with van der Waals surface area (Å²) in [7, 11) is 0. The average Bonchev–Trinajstić information content (AvgIpc) is 2.67. The van der Waals surface area contributed by atoms with E-state index in [2.05, 4.69) is 15.6 Å². The summed E-state index contributed by atoms with van der Waals surface area (Å²) in [5, 5.41) is 6.73. The number of fused-ring (bicyclic) bond motifs is 1. The van der Waals surface area contributed by atoms with Crippen LogP contribution in [0.3, 0.4) is 0 Å². The van der Waals surface area contributed by atoms with Gasteiger partial charge in [0.15, 0.2) is 5.96 Å². The Balaban J connectivity index is 0.00000280. The number of amides is 1. The van der Waals surface area contributed by atoms with Crippen molar-refractivity contribution in [2.24, 2.45) is 10.7 Å². The van der Waals surface area contributed by atoms with Gasteiger partial charge in [0, 0.05) is 24.1 Å². The molecule has 150 valence electrons. The Labute approximate surface area is 190 Å². The van der Waals surface area contributed by atoms with Crippen LogP contribution < -0.4 is 21.1 Å². The highest BCUT2D eigenvalue weighted by atomic mass is 127. The molecule has 0 fully saturated rings. The summed E-state index contributed by atoms with van der Waals surface area (Å²) in [6.45, 7) is 1.34. The van der Waals surface area contributed by atoms with Crippen molar-refractivity contribution in [3.05, 3.63) is 63.6 Å². The molecule has 0 aliphatic carbocycles. The van der Waals surface area contributed by atoms with Crippen molar-refractivity contribution in [1.29, 1.82) is 0 Å². The molecule has 0 spiro atoms.